The summed E-state index contributed by atoms with van der Waals surface area (Å²) in [5.74, 6) is 0.877. The molecule has 1 atom stereocenters. The van der Waals surface area contributed by atoms with E-state index in [0.717, 1.165) is 25.6 Å². The zero-order valence-corrected chi connectivity index (χ0v) is 12.1. The van der Waals surface area contributed by atoms with Crippen LogP contribution in [0.1, 0.15) is 30.9 Å². The summed E-state index contributed by atoms with van der Waals surface area (Å²) in [5, 5.41) is 0. The molecule has 1 unspecified atom stereocenters. The lowest BCUT2D eigenvalue weighted by molar-refractivity contribution is 0.111. The molecule has 1 fully saturated rings. The van der Waals surface area contributed by atoms with Gasteiger partial charge in [-0.1, -0.05) is 24.3 Å². The van der Waals surface area contributed by atoms with Crippen LogP contribution >= 0.6 is 0 Å². The van der Waals surface area contributed by atoms with Gasteiger partial charge in [-0.3, -0.25) is 4.90 Å². The average Bonchev–Trinajstić information content (AvgIpc) is 3.27. The van der Waals surface area contributed by atoms with Gasteiger partial charge in [-0.05, 0) is 36.8 Å². The van der Waals surface area contributed by atoms with Crippen LogP contribution in [-0.2, 0) is 17.8 Å². The summed E-state index contributed by atoms with van der Waals surface area (Å²) in [5.41, 5.74) is 8.44. The topological polar surface area (TPSA) is 38.5 Å². The molecule has 3 nitrogen and oxygen atoms in total. The first-order valence-corrected chi connectivity index (χ1v) is 7.26. The summed E-state index contributed by atoms with van der Waals surface area (Å²) < 4.78 is 5.25. The van der Waals surface area contributed by atoms with E-state index < -0.39 is 0 Å². The first-order chi connectivity index (χ1) is 9.26. The number of hydrogen-bond acceptors (Lipinski definition) is 3. The molecule has 1 aliphatic carbocycles. The number of benzene rings is 1. The molecule has 1 aromatic carbocycles. The third kappa shape index (κ3) is 4.03. The van der Waals surface area contributed by atoms with Gasteiger partial charge in [-0.25, -0.2) is 0 Å². The van der Waals surface area contributed by atoms with Crippen LogP contribution in [0, 0.1) is 5.92 Å². The lowest BCUT2D eigenvalue weighted by Gasteiger charge is -2.29. The molecule has 0 heterocycles. The van der Waals surface area contributed by atoms with Crippen molar-refractivity contribution in [1.29, 1.82) is 0 Å². The zero-order valence-electron chi connectivity index (χ0n) is 12.1. The molecule has 0 amide bonds. The molecule has 19 heavy (non-hydrogen) atoms. The summed E-state index contributed by atoms with van der Waals surface area (Å²) >= 11 is 0. The van der Waals surface area contributed by atoms with E-state index >= 15 is 0 Å². The van der Waals surface area contributed by atoms with Crippen LogP contribution < -0.4 is 5.73 Å². The maximum absolute atomic E-state index is 5.83. The number of rotatable bonds is 8. The minimum Gasteiger partial charge on any atom is -0.383 e. The Balaban J connectivity index is 2.05. The quantitative estimate of drug-likeness (QED) is 0.782. The Labute approximate surface area is 116 Å². The van der Waals surface area contributed by atoms with E-state index in [1.165, 1.54) is 24.0 Å². The number of nitrogens with two attached hydrogens (primary N) is 1. The Morgan fingerprint density at radius 3 is 2.58 bits per heavy atom. The third-order valence-corrected chi connectivity index (χ3v) is 4.17. The summed E-state index contributed by atoms with van der Waals surface area (Å²) in [6, 6.07) is 9.13. The van der Waals surface area contributed by atoms with Crippen molar-refractivity contribution >= 4 is 0 Å². The van der Waals surface area contributed by atoms with Crippen LogP contribution in [0.15, 0.2) is 24.3 Å². The van der Waals surface area contributed by atoms with Gasteiger partial charge >= 0.3 is 0 Å². The van der Waals surface area contributed by atoms with E-state index in [0.29, 0.717) is 12.6 Å². The molecular weight excluding hydrogens is 236 g/mol. The zero-order chi connectivity index (χ0) is 13.7. The van der Waals surface area contributed by atoms with Gasteiger partial charge in [-0.15, -0.1) is 0 Å². The fraction of sp³-hybridized carbons (Fsp3) is 0.625. The molecule has 0 bridgehead atoms. The van der Waals surface area contributed by atoms with Crippen LogP contribution in [-0.4, -0.2) is 31.2 Å². The molecule has 3 heteroatoms. The molecule has 1 aliphatic rings. The number of methoxy groups -OCH3 is 1. The van der Waals surface area contributed by atoms with E-state index in [9.17, 15) is 0 Å². The fourth-order valence-corrected chi connectivity index (χ4v) is 2.64. The van der Waals surface area contributed by atoms with Gasteiger partial charge in [-0.2, -0.15) is 0 Å². The molecular formula is C16H26N2O. The molecule has 1 saturated carbocycles. The van der Waals surface area contributed by atoms with E-state index in [2.05, 4.69) is 36.1 Å². The van der Waals surface area contributed by atoms with Gasteiger partial charge < -0.3 is 10.5 Å². The summed E-state index contributed by atoms with van der Waals surface area (Å²) in [6.07, 6.45) is 2.76. The monoisotopic (exact) mass is 262 g/mol. The molecule has 106 valence electrons. The van der Waals surface area contributed by atoms with Crippen LogP contribution in [0.2, 0.25) is 0 Å². The highest BCUT2D eigenvalue weighted by atomic mass is 16.5. The molecule has 2 rings (SSSR count). The molecule has 0 radical (unpaired) electrons. The molecule has 0 aliphatic heterocycles. The smallest absolute Gasteiger partial charge is 0.0589 e. The number of ether oxygens (including phenoxy) is 1. The Hall–Kier alpha value is -0.900. The van der Waals surface area contributed by atoms with Crippen molar-refractivity contribution in [2.75, 3.05) is 20.3 Å². The summed E-state index contributed by atoms with van der Waals surface area (Å²) in [4.78, 5) is 2.54. The lowest BCUT2D eigenvalue weighted by Crippen LogP contribution is -2.37. The average molecular weight is 262 g/mol. The highest BCUT2D eigenvalue weighted by Gasteiger charge is 2.31. The molecule has 0 saturated heterocycles. The third-order valence-electron chi connectivity index (χ3n) is 4.17. The minimum atomic E-state index is 0.617. The summed E-state index contributed by atoms with van der Waals surface area (Å²) in [6.45, 7) is 5.73. The SMILES string of the molecule is COCCN(Cc1ccccc1CN)C(C)C1CC1. The second-order valence-electron chi connectivity index (χ2n) is 5.51. The maximum Gasteiger partial charge on any atom is 0.0589 e. The second kappa shape index (κ2) is 7.04. The maximum atomic E-state index is 5.83. The van der Waals surface area contributed by atoms with E-state index in [-0.39, 0.29) is 0 Å². The highest BCUT2D eigenvalue weighted by Crippen LogP contribution is 2.35. The highest BCUT2D eigenvalue weighted by molar-refractivity contribution is 5.26. The van der Waals surface area contributed by atoms with Crippen molar-refractivity contribution in [3.05, 3.63) is 35.4 Å². The molecule has 1 aromatic rings. The predicted molar refractivity (Wildman–Crippen MR) is 78.8 cm³/mol. The van der Waals surface area contributed by atoms with Gasteiger partial charge in [0.2, 0.25) is 0 Å². The first-order valence-electron chi connectivity index (χ1n) is 7.26. The first kappa shape index (κ1) is 14.5. The van der Waals surface area contributed by atoms with Crippen molar-refractivity contribution in [3.63, 3.8) is 0 Å². The Morgan fingerprint density at radius 2 is 2.00 bits per heavy atom. The standard InChI is InChI=1S/C16H26N2O/c1-13(14-7-8-14)18(9-10-19-2)12-16-6-4-3-5-15(16)11-17/h3-6,13-14H,7-12,17H2,1-2H3. The van der Waals surface area contributed by atoms with Crippen molar-refractivity contribution in [3.8, 4) is 0 Å². The van der Waals surface area contributed by atoms with Crippen LogP contribution in [0.4, 0.5) is 0 Å². The lowest BCUT2D eigenvalue weighted by atomic mass is 10.1. The van der Waals surface area contributed by atoms with Gasteiger partial charge in [0.05, 0.1) is 6.61 Å². The van der Waals surface area contributed by atoms with Gasteiger partial charge in [0.15, 0.2) is 0 Å². The predicted octanol–water partition coefficient (Wildman–Crippen LogP) is 2.39. The Bertz CT molecular complexity index is 390. The Kier molecular flexibility index (Phi) is 5.37. The van der Waals surface area contributed by atoms with Crippen molar-refractivity contribution < 1.29 is 4.74 Å². The van der Waals surface area contributed by atoms with Crippen LogP contribution in [0.5, 0.6) is 0 Å². The normalized spacial score (nSPS) is 16.8. The van der Waals surface area contributed by atoms with Gasteiger partial charge in [0.1, 0.15) is 0 Å². The second-order valence-corrected chi connectivity index (χ2v) is 5.51. The van der Waals surface area contributed by atoms with Crippen LogP contribution in [0.25, 0.3) is 0 Å². The van der Waals surface area contributed by atoms with Crippen molar-refractivity contribution in [2.24, 2.45) is 11.7 Å². The summed E-state index contributed by atoms with van der Waals surface area (Å²) in [7, 11) is 1.77. The molecule has 2 N–H and O–H groups in total. The fourth-order valence-electron chi connectivity index (χ4n) is 2.64. The number of hydrogen-bond donors (Lipinski definition) is 1. The van der Waals surface area contributed by atoms with Crippen LogP contribution in [0.3, 0.4) is 0 Å². The minimum absolute atomic E-state index is 0.617. The van der Waals surface area contributed by atoms with E-state index in [4.69, 9.17) is 10.5 Å². The van der Waals surface area contributed by atoms with Gasteiger partial charge in [0.25, 0.3) is 0 Å². The van der Waals surface area contributed by atoms with Crippen molar-refractivity contribution in [2.45, 2.75) is 38.9 Å². The number of nitrogens with zero attached hydrogens (tertiary/aromatic N) is 1. The van der Waals surface area contributed by atoms with Gasteiger partial charge in [0, 0.05) is 32.8 Å². The van der Waals surface area contributed by atoms with E-state index in [1.807, 2.05) is 0 Å². The Morgan fingerprint density at radius 1 is 1.32 bits per heavy atom. The van der Waals surface area contributed by atoms with Crippen molar-refractivity contribution in [1.82, 2.24) is 4.90 Å². The molecule has 0 aromatic heterocycles. The molecule has 0 spiro atoms. The largest absolute Gasteiger partial charge is 0.383 e. The van der Waals surface area contributed by atoms with E-state index in [1.54, 1.807) is 7.11 Å².